The molecular formula is C25H23P. The first-order valence-corrected chi connectivity index (χ1v) is 10.6. The van der Waals surface area contributed by atoms with Gasteiger partial charge in [-0.05, 0) is 36.4 Å². The molecule has 1 aliphatic carbocycles. The maximum atomic E-state index is 2.33. The van der Waals surface area contributed by atoms with E-state index in [1.54, 1.807) is 0 Å². The van der Waals surface area contributed by atoms with E-state index in [4.69, 9.17) is 0 Å². The van der Waals surface area contributed by atoms with Gasteiger partial charge in [-0.1, -0.05) is 115 Å². The highest BCUT2D eigenvalue weighted by Crippen LogP contribution is 2.53. The molecule has 0 saturated heterocycles. The van der Waals surface area contributed by atoms with Crippen molar-refractivity contribution in [3.8, 4) is 0 Å². The molecule has 1 atom stereocenters. The number of rotatable bonds is 6. The first-order chi connectivity index (χ1) is 12.9. The van der Waals surface area contributed by atoms with Gasteiger partial charge in [0.25, 0.3) is 0 Å². The molecule has 3 aromatic carbocycles. The van der Waals surface area contributed by atoms with Gasteiger partial charge < -0.3 is 0 Å². The maximum absolute atomic E-state index is 2.33. The molecule has 1 unspecified atom stereocenters. The average Bonchev–Trinajstić information content (AvgIpc) is 3.23. The quantitative estimate of drug-likeness (QED) is 0.477. The lowest BCUT2D eigenvalue weighted by Gasteiger charge is -2.30. The van der Waals surface area contributed by atoms with Crippen molar-refractivity contribution >= 4 is 18.5 Å². The van der Waals surface area contributed by atoms with Crippen molar-refractivity contribution in [1.82, 2.24) is 0 Å². The third kappa shape index (κ3) is 3.87. The second kappa shape index (κ2) is 8.30. The van der Waals surface area contributed by atoms with E-state index < -0.39 is 7.92 Å². The van der Waals surface area contributed by atoms with Crippen LogP contribution in [0.4, 0.5) is 0 Å². The van der Waals surface area contributed by atoms with Gasteiger partial charge in [-0.3, -0.25) is 0 Å². The minimum atomic E-state index is -0.475. The predicted molar refractivity (Wildman–Crippen MR) is 115 cm³/mol. The summed E-state index contributed by atoms with van der Waals surface area (Å²) in [7, 11) is -0.475. The normalized spacial score (nSPS) is 14.8. The predicted octanol–water partition coefficient (Wildman–Crippen LogP) is 5.99. The summed E-state index contributed by atoms with van der Waals surface area (Å²) >= 11 is 0. The Bertz CT molecular complexity index is 814. The summed E-state index contributed by atoms with van der Waals surface area (Å²) in [6, 6.07) is 33.2. The van der Waals surface area contributed by atoms with E-state index in [2.05, 4.69) is 115 Å². The largest absolute Gasteiger partial charge is 0.0776 e. The minimum Gasteiger partial charge on any atom is -0.0776 e. The van der Waals surface area contributed by atoms with Crippen LogP contribution in [-0.4, -0.2) is 0 Å². The van der Waals surface area contributed by atoms with Crippen LogP contribution < -0.4 is 10.6 Å². The summed E-state index contributed by atoms with van der Waals surface area (Å²) in [5.74, 6) is 0.526. The Labute approximate surface area is 157 Å². The molecule has 3 aromatic rings. The Kier molecular flexibility index (Phi) is 5.43. The molecule has 0 nitrogen and oxygen atoms in total. The molecule has 0 radical (unpaired) electrons. The van der Waals surface area contributed by atoms with Crippen molar-refractivity contribution in [3.05, 3.63) is 121 Å². The van der Waals surface area contributed by atoms with Crippen molar-refractivity contribution in [1.29, 1.82) is 0 Å². The minimum absolute atomic E-state index is 0.475. The van der Waals surface area contributed by atoms with Crippen LogP contribution in [0, 0.1) is 5.92 Å². The second-order valence-corrected chi connectivity index (χ2v) is 9.03. The molecule has 128 valence electrons. The third-order valence-corrected chi connectivity index (χ3v) is 7.73. The van der Waals surface area contributed by atoms with Crippen LogP contribution in [0.1, 0.15) is 17.6 Å². The lowest BCUT2D eigenvalue weighted by molar-refractivity contribution is 0.699. The molecule has 0 bridgehead atoms. The van der Waals surface area contributed by atoms with Crippen LogP contribution in [0.15, 0.2) is 115 Å². The molecule has 0 N–H and O–H groups in total. The molecule has 0 saturated carbocycles. The zero-order chi connectivity index (χ0) is 17.6. The van der Waals surface area contributed by atoms with E-state index in [0.29, 0.717) is 11.6 Å². The second-order valence-electron chi connectivity index (χ2n) is 6.64. The summed E-state index contributed by atoms with van der Waals surface area (Å²) in [6.45, 7) is 0. The third-order valence-electron chi connectivity index (χ3n) is 4.89. The standard InChI is InChI=1S/C25H23P/c1-4-14-22(15-5-1)25(20-21-12-10-11-13-21)26(23-16-6-2-7-17-23)24-18-8-3-9-19-24/h1-19,21,25H,20H2. The average molecular weight is 354 g/mol. The Hall–Kier alpha value is -2.43. The Morgan fingerprint density at radius 3 is 1.58 bits per heavy atom. The summed E-state index contributed by atoms with van der Waals surface area (Å²) < 4.78 is 0. The van der Waals surface area contributed by atoms with Crippen LogP contribution >= 0.6 is 7.92 Å². The van der Waals surface area contributed by atoms with E-state index in [0.717, 1.165) is 6.42 Å². The van der Waals surface area contributed by atoms with E-state index in [-0.39, 0.29) is 0 Å². The fraction of sp³-hybridized carbons (Fsp3) is 0.120. The first kappa shape index (κ1) is 17.0. The molecule has 26 heavy (non-hydrogen) atoms. The van der Waals surface area contributed by atoms with E-state index >= 15 is 0 Å². The molecule has 4 rings (SSSR count). The van der Waals surface area contributed by atoms with Crippen molar-refractivity contribution in [2.45, 2.75) is 12.1 Å². The molecular weight excluding hydrogens is 331 g/mol. The summed E-state index contributed by atoms with van der Waals surface area (Å²) in [6.07, 6.45) is 10.2. The fourth-order valence-electron chi connectivity index (χ4n) is 3.64. The number of benzene rings is 3. The molecule has 0 aliphatic heterocycles. The van der Waals surface area contributed by atoms with Crippen molar-refractivity contribution in [2.75, 3.05) is 0 Å². The van der Waals surface area contributed by atoms with Gasteiger partial charge in [0.2, 0.25) is 0 Å². The van der Waals surface area contributed by atoms with E-state index in [9.17, 15) is 0 Å². The molecule has 1 aliphatic rings. The van der Waals surface area contributed by atoms with Gasteiger partial charge in [-0.15, -0.1) is 0 Å². The monoisotopic (exact) mass is 354 g/mol. The number of allylic oxidation sites excluding steroid dienone is 4. The van der Waals surface area contributed by atoms with E-state index in [1.807, 2.05) is 0 Å². The fourth-order valence-corrected chi connectivity index (χ4v) is 6.57. The van der Waals surface area contributed by atoms with E-state index in [1.165, 1.54) is 16.2 Å². The van der Waals surface area contributed by atoms with Gasteiger partial charge >= 0.3 is 0 Å². The molecule has 0 heterocycles. The highest BCUT2D eigenvalue weighted by Gasteiger charge is 2.27. The van der Waals surface area contributed by atoms with Gasteiger partial charge in [0, 0.05) is 5.66 Å². The highest BCUT2D eigenvalue weighted by atomic mass is 31.1. The number of hydrogen-bond acceptors (Lipinski definition) is 0. The van der Waals surface area contributed by atoms with Crippen LogP contribution in [0.25, 0.3) is 0 Å². The molecule has 1 heteroatoms. The highest BCUT2D eigenvalue weighted by molar-refractivity contribution is 7.73. The topological polar surface area (TPSA) is 0 Å². The number of hydrogen-bond donors (Lipinski definition) is 0. The molecule has 0 fully saturated rings. The lowest BCUT2D eigenvalue weighted by atomic mass is 10.0. The van der Waals surface area contributed by atoms with Gasteiger partial charge in [-0.25, -0.2) is 0 Å². The van der Waals surface area contributed by atoms with Gasteiger partial charge in [0.15, 0.2) is 0 Å². The Balaban J connectivity index is 1.80. The molecule has 0 amide bonds. The zero-order valence-electron chi connectivity index (χ0n) is 14.8. The summed E-state index contributed by atoms with van der Waals surface area (Å²) in [5.41, 5.74) is 1.94. The van der Waals surface area contributed by atoms with Gasteiger partial charge in [0.1, 0.15) is 0 Å². The summed E-state index contributed by atoms with van der Waals surface area (Å²) in [4.78, 5) is 0. The first-order valence-electron chi connectivity index (χ1n) is 9.21. The maximum Gasteiger partial charge on any atom is 0.0131 e. The van der Waals surface area contributed by atoms with Gasteiger partial charge in [0.05, 0.1) is 0 Å². The Morgan fingerprint density at radius 1 is 0.615 bits per heavy atom. The SMILES string of the molecule is C1=CC(CC(c2ccccc2)P(c2ccccc2)c2ccccc2)C=C1. The van der Waals surface area contributed by atoms with Crippen LogP contribution in [0.2, 0.25) is 0 Å². The smallest absolute Gasteiger partial charge is 0.0131 e. The van der Waals surface area contributed by atoms with Crippen molar-refractivity contribution in [3.63, 3.8) is 0 Å². The molecule has 0 aromatic heterocycles. The zero-order valence-corrected chi connectivity index (χ0v) is 15.7. The van der Waals surface area contributed by atoms with Crippen LogP contribution in [-0.2, 0) is 0 Å². The van der Waals surface area contributed by atoms with Crippen LogP contribution in [0.3, 0.4) is 0 Å². The lowest BCUT2D eigenvalue weighted by Crippen LogP contribution is -2.18. The van der Waals surface area contributed by atoms with Crippen molar-refractivity contribution in [2.24, 2.45) is 5.92 Å². The Morgan fingerprint density at radius 2 is 1.08 bits per heavy atom. The van der Waals surface area contributed by atoms with Crippen LogP contribution in [0.5, 0.6) is 0 Å². The molecule has 0 spiro atoms. The van der Waals surface area contributed by atoms with Gasteiger partial charge in [-0.2, -0.15) is 0 Å². The summed E-state index contributed by atoms with van der Waals surface area (Å²) in [5, 5.41) is 2.90. The van der Waals surface area contributed by atoms with Crippen molar-refractivity contribution < 1.29 is 0 Å².